The second-order valence-electron chi connectivity index (χ2n) is 3.69. The van der Waals surface area contributed by atoms with Crippen LogP contribution >= 0.6 is 0 Å². The van der Waals surface area contributed by atoms with Gasteiger partial charge >= 0.3 is 0 Å². The van der Waals surface area contributed by atoms with Gasteiger partial charge in [0.15, 0.2) is 0 Å². The molecule has 2 atom stereocenters. The number of hydrogen-bond donors (Lipinski definition) is 0. The third kappa shape index (κ3) is 1.52. The van der Waals surface area contributed by atoms with Gasteiger partial charge in [-0.2, -0.15) is 0 Å². The molecular weight excluding hydrogens is 144 g/mol. The minimum atomic E-state index is 0.657. The van der Waals surface area contributed by atoms with Crippen molar-refractivity contribution in [2.24, 2.45) is 11.8 Å². The van der Waals surface area contributed by atoms with E-state index < -0.39 is 0 Å². The zero-order chi connectivity index (χ0) is 9.14. The predicted octanol–water partition coefficient (Wildman–Crippen LogP) is 3.72. The summed E-state index contributed by atoms with van der Waals surface area (Å²) in [4.78, 5) is 0. The summed E-state index contributed by atoms with van der Waals surface area (Å²) >= 11 is 0. The Morgan fingerprint density at radius 1 is 1.25 bits per heavy atom. The maximum atomic E-state index is 3.86. The molecule has 0 saturated heterocycles. The highest BCUT2D eigenvalue weighted by atomic mass is 14.3. The average molecular weight is 162 g/mol. The molecule has 0 heterocycles. The van der Waals surface area contributed by atoms with Crippen LogP contribution in [0.15, 0.2) is 36.5 Å². The highest BCUT2D eigenvalue weighted by Crippen LogP contribution is 2.35. The third-order valence-corrected chi connectivity index (χ3v) is 3.05. The molecule has 0 bridgehead atoms. The van der Waals surface area contributed by atoms with Gasteiger partial charge in [-0.1, -0.05) is 39.2 Å². The molecule has 0 amide bonds. The predicted molar refractivity (Wildman–Crippen MR) is 55.0 cm³/mol. The van der Waals surface area contributed by atoms with E-state index in [1.807, 2.05) is 12.2 Å². The Morgan fingerprint density at radius 3 is 2.42 bits per heavy atom. The molecule has 0 aromatic carbocycles. The molecule has 0 radical (unpaired) electrons. The van der Waals surface area contributed by atoms with Crippen molar-refractivity contribution in [2.75, 3.05) is 0 Å². The zero-order valence-electron chi connectivity index (χ0n) is 8.14. The molecule has 0 aliphatic heterocycles. The highest BCUT2D eigenvalue weighted by Gasteiger charge is 2.21. The third-order valence-electron chi connectivity index (χ3n) is 3.05. The zero-order valence-corrected chi connectivity index (χ0v) is 8.14. The van der Waals surface area contributed by atoms with Crippen LogP contribution in [0.5, 0.6) is 0 Å². The van der Waals surface area contributed by atoms with Gasteiger partial charge in [0.2, 0.25) is 0 Å². The van der Waals surface area contributed by atoms with Gasteiger partial charge < -0.3 is 0 Å². The van der Waals surface area contributed by atoms with Crippen molar-refractivity contribution in [3.8, 4) is 0 Å². The summed E-state index contributed by atoms with van der Waals surface area (Å²) in [7, 11) is 0. The minimum Gasteiger partial charge on any atom is -0.0988 e. The smallest absolute Gasteiger partial charge is 0.0162 e. The molecule has 0 spiro atoms. The Labute approximate surface area is 75.7 Å². The molecule has 0 fully saturated rings. The van der Waals surface area contributed by atoms with Crippen molar-refractivity contribution in [2.45, 2.75) is 26.7 Å². The number of allylic oxidation sites excluding steroid dienone is 4. The first-order valence-corrected chi connectivity index (χ1v) is 4.68. The van der Waals surface area contributed by atoms with E-state index >= 15 is 0 Å². The SMILES string of the molecule is C=CC1=C(C=C)C(C)C(C)CC1. The van der Waals surface area contributed by atoms with Crippen molar-refractivity contribution in [3.05, 3.63) is 36.5 Å². The van der Waals surface area contributed by atoms with Crippen molar-refractivity contribution in [3.63, 3.8) is 0 Å². The van der Waals surface area contributed by atoms with Crippen LogP contribution < -0.4 is 0 Å². The van der Waals surface area contributed by atoms with Gasteiger partial charge in [0.25, 0.3) is 0 Å². The topological polar surface area (TPSA) is 0 Å². The van der Waals surface area contributed by atoms with Crippen LogP contribution in [-0.4, -0.2) is 0 Å². The van der Waals surface area contributed by atoms with Crippen LogP contribution in [0.25, 0.3) is 0 Å². The van der Waals surface area contributed by atoms with Crippen LogP contribution in [0, 0.1) is 11.8 Å². The quantitative estimate of drug-likeness (QED) is 0.580. The van der Waals surface area contributed by atoms with Crippen LogP contribution in [0.2, 0.25) is 0 Å². The molecule has 0 aromatic rings. The lowest BCUT2D eigenvalue weighted by atomic mass is 9.77. The van der Waals surface area contributed by atoms with E-state index in [0.717, 1.165) is 5.92 Å². The molecule has 1 rings (SSSR count). The van der Waals surface area contributed by atoms with E-state index in [4.69, 9.17) is 0 Å². The summed E-state index contributed by atoms with van der Waals surface area (Å²) in [6.07, 6.45) is 6.45. The van der Waals surface area contributed by atoms with Gasteiger partial charge in [-0.15, -0.1) is 0 Å². The molecule has 0 heteroatoms. The molecule has 0 nitrogen and oxygen atoms in total. The first-order chi connectivity index (χ1) is 5.70. The highest BCUT2D eigenvalue weighted by molar-refractivity contribution is 5.35. The minimum absolute atomic E-state index is 0.657. The Morgan fingerprint density at radius 2 is 1.92 bits per heavy atom. The summed E-state index contributed by atoms with van der Waals surface area (Å²) in [5, 5.41) is 0. The molecule has 1 aliphatic rings. The summed E-state index contributed by atoms with van der Waals surface area (Å²) in [5.74, 6) is 1.45. The first kappa shape index (κ1) is 9.31. The Balaban J connectivity index is 2.98. The molecule has 66 valence electrons. The van der Waals surface area contributed by atoms with Crippen LogP contribution in [0.4, 0.5) is 0 Å². The molecule has 12 heavy (non-hydrogen) atoms. The number of rotatable bonds is 2. The van der Waals surface area contributed by atoms with E-state index in [1.54, 1.807) is 0 Å². The van der Waals surface area contributed by atoms with E-state index in [1.165, 1.54) is 24.0 Å². The molecule has 2 unspecified atom stereocenters. The van der Waals surface area contributed by atoms with Gasteiger partial charge in [-0.3, -0.25) is 0 Å². The fourth-order valence-corrected chi connectivity index (χ4v) is 1.91. The van der Waals surface area contributed by atoms with Gasteiger partial charge in [0.1, 0.15) is 0 Å². The Bertz CT molecular complexity index is 220. The summed E-state index contributed by atoms with van der Waals surface area (Å²) in [5.41, 5.74) is 2.80. The van der Waals surface area contributed by atoms with Crippen LogP contribution in [-0.2, 0) is 0 Å². The van der Waals surface area contributed by atoms with Crippen LogP contribution in [0.3, 0.4) is 0 Å². The van der Waals surface area contributed by atoms with Crippen molar-refractivity contribution in [1.29, 1.82) is 0 Å². The lowest BCUT2D eigenvalue weighted by Crippen LogP contribution is -2.16. The van der Waals surface area contributed by atoms with Gasteiger partial charge in [-0.25, -0.2) is 0 Å². The average Bonchev–Trinajstić information content (AvgIpc) is 2.09. The number of hydrogen-bond acceptors (Lipinski definition) is 0. The summed E-state index contributed by atoms with van der Waals surface area (Å²) in [6, 6.07) is 0. The Hall–Kier alpha value is -0.780. The van der Waals surface area contributed by atoms with E-state index in [9.17, 15) is 0 Å². The second kappa shape index (κ2) is 3.75. The van der Waals surface area contributed by atoms with Crippen LogP contribution in [0.1, 0.15) is 26.7 Å². The maximum absolute atomic E-state index is 3.86. The van der Waals surface area contributed by atoms with Crippen molar-refractivity contribution >= 4 is 0 Å². The molecule has 0 N–H and O–H groups in total. The van der Waals surface area contributed by atoms with Crippen molar-refractivity contribution in [1.82, 2.24) is 0 Å². The molecule has 0 aromatic heterocycles. The summed E-state index contributed by atoms with van der Waals surface area (Å²) < 4.78 is 0. The second-order valence-corrected chi connectivity index (χ2v) is 3.69. The van der Waals surface area contributed by atoms with Crippen molar-refractivity contribution < 1.29 is 0 Å². The first-order valence-electron chi connectivity index (χ1n) is 4.68. The van der Waals surface area contributed by atoms with Gasteiger partial charge in [0, 0.05) is 0 Å². The van der Waals surface area contributed by atoms with E-state index in [-0.39, 0.29) is 0 Å². The van der Waals surface area contributed by atoms with Gasteiger partial charge in [0.05, 0.1) is 0 Å². The Kier molecular flexibility index (Phi) is 2.91. The monoisotopic (exact) mass is 162 g/mol. The standard InChI is InChI=1S/C12H18/c1-5-11-8-7-9(3)10(4)12(11)6-2/h5-6,9-10H,1-2,7-8H2,3-4H3. The summed E-state index contributed by atoms with van der Waals surface area (Å²) in [6.45, 7) is 12.3. The maximum Gasteiger partial charge on any atom is -0.0162 e. The largest absolute Gasteiger partial charge is 0.0988 e. The lowest BCUT2D eigenvalue weighted by Gasteiger charge is -2.28. The van der Waals surface area contributed by atoms with E-state index in [0.29, 0.717) is 5.92 Å². The molecular formula is C12H18. The fraction of sp³-hybridized carbons (Fsp3) is 0.500. The van der Waals surface area contributed by atoms with Gasteiger partial charge in [-0.05, 0) is 35.8 Å². The molecule has 1 aliphatic carbocycles. The van der Waals surface area contributed by atoms with E-state index in [2.05, 4.69) is 27.0 Å². The lowest BCUT2D eigenvalue weighted by molar-refractivity contribution is 0.393. The fourth-order valence-electron chi connectivity index (χ4n) is 1.91. The molecule has 0 saturated carbocycles. The normalized spacial score (nSPS) is 30.2.